The number of anilines is 1. The van der Waals surface area contributed by atoms with Crippen LogP contribution in [0.25, 0.3) is 0 Å². The van der Waals surface area contributed by atoms with Gasteiger partial charge in [0.1, 0.15) is 12.6 Å². The molecule has 0 saturated heterocycles. The second-order valence-corrected chi connectivity index (χ2v) is 13.8. The number of nitrogens with one attached hydrogen (secondary N) is 1. The third-order valence-corrected chi connectivity index (χ3v) is 10.1. The van der Waals surface area contributed by atoms with Crippen LogP contribution in [0.1, 0.15) is 30.0 Å². The van der Waals surface area contributed by atoms with E-state index in [-0.39, 0.29) is 35.2 Å². The number of aryl methyl sites for hydroxylation is 1. The highest BCUT2D eigenvalue weighted by Crippen LogP contribution is 2.34. The predicted octanol–water partition coefficient (Wildman–Crippen LogP) is 6.68. The fraction of sp³-hybridized carbons (Fsp3) is 0.278. The molecule has 9 nitrogen and oxygen atoms in total. The third kappa shape index (κ3) is 9.00. The first kappa shape index (κ1) is 36.6. The average Bonchev–Trinajstić information content (AvgIpc) is 3.08. The number of nitrogens with zero attached hydrogens (tertiary/aromatic N) is 2. The van der Waals surface area contributed by atoms with Gasteiger partial charge in [-0.3, -0.25) is 13.9 Å². The number of ether oxygens (including phenoxy) is 2. The third-order valence-electron chi connectivity index (χ3n) is 7.72. The summed E-state index contributed by atoms with van der Waals surface area (Å²) in [5, 5.41) is 3.63. The summed E-state index contributed by atoms with van der Waals surface area (Å²) < 4.78 is 40.5. The summed E-state index contributed by atoms with van der Waals surface area (Å²) in [6.45, 7) is 3.45. The molecule has 1 N–H and O–H groups in total. The SMILES string of the molecule is CCCNC(=O)C(Cc1ccccc1)N(Cc1ccc(Cl)cc1Cl)C(=O)CN(c1ccc(OC)c(OC)c1)S(=O)(=O)c1ccc(C)cc1. The number of sulfonamides is 1. The van der Waals surface area contributed by atoms with Gasteiger partial charge in [0.2, 0.25) is 11.8 Å². The number of hydrogen-bond acceptors (Lipinski definition) is 6. The Kier molecular flexibility index (Phi) is 12.7. The van der Waals surface area contributed by atoms with E-state index >= 15 is 0 Å². The number of carbonyl (C=O) groups is 2. The molecule has 0 aliphatic heterocycles. The Morgan fingerprint density at radius 1 is 0.875 bits per heavy atom. The summed E-state index contributed by atoms with van der Waals surface area (Å²) in [7, 11) is -1.40. The Bertz CT molecular complexity index is 1820. The summed E-state index contributed by atoms with van der Waals surface area (Å²) in [5.74, 6) is -0.343. The van der Waals surface area contributed by atoms with Crippen LogP contribution >= 0.6 is 23.2 Å². The van der Waals surface area contributed by atoms with Crippen molar-refractivity contribution in [3.63, 3.8) is 0 Å². The van der Waals surface area contributed by atoms with Gasteiger partial charge in [0.05, 0.1) is 24.8 Å². The summed E-state index contributed by atoms with van der Waals surface area (Å²) in [5.41, 5.74) is 2.39. The van der Waals surface area contributed by atoms with Crippen LogP contribution in [0.2, 0.25) is 10.0 Å². The quantitative estimate of drug-likeness (QED) is 0.148. The molecule has 12 heteroatoms. The lowest BCUT2D eigenvalue weighted by atomic mass is 10.0. The van der Waals surface area contributed by atoms with Crippen LogP contribution in [0.5, 0.6) is 11.5 Å². The second kappa shape index (κ2) is 16.7. The van der Waals surface area contributed by atoms with Crippen molar-refractivity contribution in [3.8, 4) is 11.5 Å². The molecule has 1 unspecified atom stereocenters. The van der Waals surface area contributed by atoms with Gasteiger partial charge in [-0.1, -0.05) is 84.2 Å². The molecule has 0 fully saturated rings. The van der Waals surface area contributed by atoms with Crippen LogP contribution in [-0.2, 0) is 32.6 Å². The van der Waals surface area contributed by atoms with E-state index in [1.54, 1.807) is 36.4 Å². The van der Waals surface area contributed by atoms with E-state index in [0.29, 0.717) is 34.3 Å². The summed E-state index contributed by atoms with van der Waals surface area (Å²) in [6, 6.07) is 24.1. The molecular formula is C36H39Cl2N3O6S. The monoisotopic (exact) mass is 711 g/mol. The van der Waals surface area contributed by atoms with Crippen molar-refractivity contribution in [1.29, 1.82) is 0 Å². The molecule has 0 radical (unpaired) electrons. The minimum atomic E-state index is -4.30. The minimum absolute atomic E-state index is 0.00972. The summed E-state index contributed by atoms with van der Waals surface area (Å²) in [6.07, 6.45) is 0.858. The normalized spacial score (nSPS) is 11.8. The van der Waals surface area contributed by atoms with Crippen molar-refractivity contribution in [2.24, 2.45) is 0 Å². The molecule has 254 valence electrons. The number of hydrogen-bond donors (Lipinski definition) is 1. The van der Waals surface area contributed by atoms with Crippen LogP contribution in [0, 0.1) is 6.92 Å². The van der Waals surface area contributed by atoms with E-state index < -0.39 is 28.5 Å². The zero-order chi connectivity index (χ0) is 34.8. The zero-order valence-electron chi connectivity index (χ0n) is 27.3. The highest BCUT2D eigenvalue weighted by molar-refractivity contribution is 7.92. The van der Waals surface area contributed by atoms with E-state index in [1.807, 2.05) is 44.2 Å². The molecule has 0 aliphatic rings. The van der Waals surface area contributed by atoms with Crippen LogP contribution in [0.4, 0.5) is 5.69 Å². The molecular weight excluding hydrogens is 673 g/mol. The first-order chi connectivity index (χ1) is 23.0. The van der Waals surface area contributed by atoms with Gasteiger partial charge in [-0.15, -0.1) is 0 Å². The Hall–Kier alpha value is -4.25. The smallest absolute Gasteiger partial charge is 0.264 e. The van der Waals surface area contributed by atoms with Crippen LogP contribution < -0.4 is 19.1 Å². The molecule has 4 rings (SSSR count). The van der Waals surface area contributed by atoms with Gasteiger partial charge in [0, 0.05) is 35.6 Å². The molecule has 0 aliphatic carbocycles. The van der Waals surface area contributed by atoms with Gasteiger partial charge in [0.15, 0.2) is 11.5 Å². The standard InChI is InChI=1S/C36H39Cl2N3O6S/c1-5-19-39-36(43)32(20-26-9-7-6-8-10-26)40(23-27-13-14-28(37)21-31(27)38)35(42)24-41(29-15-18-33(46-3)34(22-29)47-4)48(44,45)30-16-11-25(2)12-17-30/h6-18,21-22,32H,5,19-20,23-24H2,1-4H3,(H,39,43). The number of halogens is 2. The number of methoxy groups -OCH3 is 2. The van der Waals surface area contributed by atoms with E-state index in [1.165, 1.54) is 43.4 Å². The molecule has 2 amide bonds. The number of benzene rings is 4. The molecule has 48 heavy (non-hydrogen) atoms. The molecule has 0 aromatic heterocycles. The van der Waals surface area contributed by atoms with Crippen LogP contribution in [0.15, 0.2) is 95.9 Å². The highest BCUT2D eigenvalue weighted by Gasteiger charge is 2.35. The topological polar surface area (TPSA) is 105 Å². The van der Waals surface area contributed by atoms with Gasteiger partial charge in [-0.05, 0) is 60.9 Å². The average molecular weight is 713 g/mol. The molecule has 0 bridgehead atoms. The molecule has 0 heterocycles. The van der Waals surface area contributed by atoms with Crippen molar-refractivity contribution in [1.82, 2.24) is 10.2 Å². The molecule has 4 aromatic rings. The summed E-state index contributed by atoms with van der Waals surface area (Å²) in [4.78, 5) is 29.8. The highest BCUT2D eigenvalue weighted by atomic mass is 35.5. The van der Waals surface area contributed by atoms with E-state index in [0.717, 1.165) is 15.4 Å². The predicted molar refractivity (Wildman–Crippen MR) is 190 cm³/mol. The summed E-state index contributed by atoms with van der Waals surface area (Å²) >= 11 is 12.8. The number of rotatable bonds is 15. The fourth-order valence-electron chi connectivity index (χ4n) is 5.10. The largest absolute Gasteiger partial charge is 0.493 e. The van der Waals surface area contributed by atoms with Gasteiger partial charge in [-0.25, -0.2) is 8.42 Å². The number of carbonyl (C=O) groups excluding carboxylic acids is 2. The second-order valence-electron chi connectivity index (χ2n) is 11.1. The zero-order valence-corrected chi connectivity index (χ0v) is 29.6. The van der Waals surface area contributed by atoms with Crippen molar-refractivity contribution in [2.45, 2.75) is 44.2 Å². The van der Waals surface area contributed by atoms with E-state index in [2.05, 4.69) is 5.32 Å². The fourth-order valence-corrected chi connectivity index (χ4v) is 6.97. The minimum Gasteiger partial charge on any atom is -0.493 e. The first-order valence-electron chi connectivity index (χ1n) is 15.3. The molecule has 1 atom stereocenters. The van der Waals surface area contributed by atoms with Crippen molar-refractivity contribution in [2.75, 3.05) is 31.6 Å². The van der Waals surface area contributed by atoms with Crippen LogP contribution in [0.3, 0.4) is 0 Å². The molecule has 4 aromatic carbocycles. The van der Waals surface area contributed by atoms with Crippen molar-refractivity contribution < 1.29 is 27.5 Å². The lowest BCUT2D eigenvalue weighted by molar-refractivity contribution is -0.140. The van der Waals surface area contributed by atoms with Crippen LogP contribution in [-0.4, -0.2) is 58.5 Å². The number of amides is 2. The lowest BCUT2D eigenvalue weighted by Gasteiger charge is -2.34. The van der Waals surface area contributed by atoms with Gasteiger partial charge >= 0.3 is 0 Å². The Balaban J connectivity index is 1.85. The lowest BCUT2D eigenvalue weighted by Crippen LogP contribution is -2.53. The Morgan fingerprint density at radius 3 is 2.19 bits per heavy atom. The molecule has 0 spiro atoms. The van der Waals surface area contributed by atoms with Crippen molar-refractivity contribution in [3.05, 3.63) is 118 Å². The Morgan fingerprint density at radius 2 is 1.56 bits per heavy atom. The Labute approximate surface area is 292 Å². The van der Waals surface area contributed by atoms with E-state index in [9.17, 15) is 18.0 Å². The maximum absolute atomic E-state index is 14.6. The van der Waals surface area contributed by atoms with Gasteiger partial charge in [-0.2, -0.15) is 0 Å². The maximum Gasteiger partial charge on any atom is 0.264 e. The van der Waals surface area contributed by atoms with Gasteiger partial charge < -0.3 is 19.7 Å². The van der Waals surface area contributed by atoms with E-state index in [4.69, 9.17) is 32.7 Å². The van der Waals surface area contributed by atoms with Crippen molar-refractivity contribution >= 4 is 50.7 Å². The van der Waals surface area contributed by atoms with Gasteiger partial charge in [0.25, 0.3) is 10.0 Å². The maximum atomic E-state index is 14.6. The molecule has 0 saturated carbocycles. The first-order valence-corrected chi connectivity index (χ1v) is 17.5.